The highest BCUT2D eigenvalue weighted by molar-refractivity contribution is 5.72. The summed E-state index contributed by atoms with van der Waals surface area (Å²) in [5.74, 6) is 0. The van der Waals surface area contributed by atoms with E-state index < -0.39 is 6.03 Å². The van der Waals surface area contributed by atoms with Gasteiger partial charge in [-0.3, -0.25) is 5.21 Å². The lowest BCUT2D eigenvalue weighted by atomic mass is 10.1. The number of carbonyl (C=O) groups excluding carboxylic acids is 1. The molecule has 0 aliphatic rings. The second-order valence-corrected chi connectivity index (χ2v) is 4.55. The first-order valence-electron chi connectivity index (χ1n) is 6.99. The van der Waals surface area contributed by atoms with E-state index in [0.29, 0.717) is 6.54 Å². The molecule has 0 aromatic carbocycles. The summed E-state index contributed by atoms with van der Waals surface area (Å²) in [5, 5.41) is 10.8. The third kappa shape index (κ3) is 13.2. The topological polar surface area (TPSA) is 61.4 Å². The van der Waals surface area contributed by atoms with Crippen molar-refractivity contribution in [1.29, 1.82) is 0 Å². The van der Waals surface area contributed by atoms with E-state index in [4.69, 9.17) is 5.21 Å². The number of hydrogen-bond donors (Lipinski definition) is 3. The van der Waals surface area contributed by atoms with Gasteiger partial charge in [0.25, 0.3) is 0 Å². The molecule has 0 aliphatic heterocycles. The van der Waals surface area contributed by atoms with Crippen molar-refractivity contribution in [2.75, 3.05) is 6.54 Å². The summed E-state index contributed by atoms with van der Waals surface area (Å²) in [7, 11) is 0. The van der Waals surface area contributed by atoms with E-state index in [0.717, 1.165) is 12.8 Å². The molecule has 2 amide bonds. The molecule has 4 heteroatoms. The molecule has 17 heavy (non-hydrogen) atoms. The Morgan fingerprint density at radius 1 is 0.882 bits per heavy atom. The van der Waals surface area contributed by atoms with Crippen molar-refractivity contribution in [2.24, 2.45) is 0 Å². The van der Waals surface area contributed by atoms with Crippen molar-refractivity contribution in [1.82, 2.24) is 10.8 Å². The number of amides is 2. The van der Waals surface area contributed by atoms with Gasteiger partial charge in [-0.1, -0.05) is 64.7 Å². The Kier molecular flexibility index (Phi) is 12.7. The Labute approximate surface area is 105 Å². The zero-order valence-corrected chi connectivity index (χ0v) is 11.1. The molecular formula is C13H28N2O2. The predicted molar refractivity (Wildman–Crippen MR) is 70.2 cm³/mol. The molecule has 102 valence electrons. The van der Waals surface area contributed by atoms with Gasteiger partial charge in [-0.05, 0) is 6.42 Å². The Bertz CT molecular complexity index is 175. The van der Waals surface area contributed by atoms with Crippen molar-refractivity contribution in [3.05, 3.63) is 0 Å². The van der Waals surface area contributed by atoms with Crippen molar-refractivity contribution in [2.45, 2.75) is 71.1 Å². The van der Waals surface area contributed by atoms with E-state index in [-0.39, 0.29) is 0 Å². The monoisotopic (exact) mass is 244 g/mol. The number of hydrogen-bond acceptors (Lipinski definition) is 2. The fraction of sp³-hybridized carbons (Fsp3) is 0.923. The average molecular weight is 244 g/mol. The van der Waals surface area contributed by atoms with Crippen LogP contribution in [0.15, 0.2) is 0 Å². The molecule has 4 nitrogen and oxygen atoms in total. The maximum Gasteiger partial charge on any atom is 0.338 e. The maximum atomic E-state index is 10.6. The second kappa shape index (κ2) is 13.3. The van der Waals surface area contributed by atoms with Crippen LogP contribution in [0.4, 0.5) is 4.79 Å². The zero-order chi connectivity index (χ0) is 12.8. The first kappa shape index (κ1) is 16.2. The lowest BCUT2D eigenvalue weighted by molar-refractivity contribution is 0.161. The van der Waals surface area contributed by atoms with Gasteiger partial charge in [0, 0.05) is 6.54 Å². The van der Waals surface area contributed by atoms with E-state index in [1.165, 1.54) is 51.4 Å². The Morgan fingerprint density at radius 3 is 1.82 bits per heavy atom. The van der Waals surface area contributed by atoms with Gasteiger partial charge in [0.05, 0.1) is 0 Å². The van der Waals surface area contributed by atoms with Crippen LogP contribution < -0.4 is 10.8 Å². The molecule has 3 N–H and O–H groups in total. The van der Waals surface area contributed by atoms with Crippen LogP contribution >= 0.6 is 0 Å². The molecule has 0 aromatic rings. The highest BCUT2D eigenvalue weighted by atomic mass is 16.5. The molecule has 0 atom stereocenters. The molecule has 0 aromatic heterocycles. The van der Waals surface area contributed by atoms with Gasteiger partial charge in [-0.2, -0.15) is 0 Å². The standard InChI is InChI=1S/C13H28N2O2/c1-2-3-4-5-6-7-8-9-10-11-12-14-13(16)15-17/h17H,2-12H2,1H3,(H2,14,15,16). The number of unbranched alkanes of at least 4 members (excludes halogenated alkanes) is 9. The largest absolute Gasteiger partial charge is 0.338 e. The highest BCUT2D eigenvalue weighted by Crippen LogP contribution is 2.10. The van der Waals surface area contributed by atoms with Gasteiger partial charge >= 0.3 is 6.03 Å². The average Bonchev–Trinajstić information content (AvgIpc) is 2.35. The molecule has 0 fully saturated rings. The summed E-state index contributed by atoms with van der Waals surface area (Å²) >= 11 is 0. The Morgan fingerprint density at radius 2 is 1.35 bits per heavy atom. The van der Waals surface area contributed by atoms with Crippen LogP contribution in [0.5, 0.6) is 0 Å². The van der Waals surface area contributed by atoms with Crippen LogP contribution in [0.1, 0.15) is 71.1 Å². The third-order valence-electron chi connectivity index (χ3n) is 2.92. The summed E-state index contributed by atoms with van der Waals surface area (Å²) in [6.45, 7) is 2.88. The van der Waals surface area contributed by atoms with Crippen LogP contribution in [-0.2, 0) is 0 Å². The number of rotatable bonds is 11. The predicted octanol–water partition coefficient (Wildman–Crippen LogP) is 3.60. The van der Waals surface area contributed by atoms with E-state index in [2.05, 4.69) is 12.2 Å². The summed E-state index contributed by atoms with van der Waals surface area (Å²) in [4.78, 5) is 10.6. The van der Waals surface area contributed by atoms with E-state index >= 15 is 0 Å². The number of urea groups is 1. The quantitative estimate of drug-likeness (QED) is 0.295. The molecule has 0 rings (SSSR count). The minimum atomic E-state index is -0.513. The van der Waals surface area contributed by atoms with Gasteiger partial charge < -0.3 is 5.32 Å². The van der Waals surface area contributed by atoms with Crippen molar-refractivity contribution in [3.63, 3.8) is 0 Å². The molecule has 0 unspecified atom stereocenters. The Hall–Kier alpha value is -0.770. The number of nitrogens with one attached hydrogen (secondary N) is 2. The van der Waals surface area contributed by atoms with Crippen molar-refractivity contribution < 1.29 is 10.0 Å². The number of hydroxylamine groups is 1. The molecule has 0 aliphatic carbocycles. The van der Waals surface area contributed by atoms with Gasteiger partial charge in [0.15, 0.2) is 0 Å². The van der Waals surface area contributed by atoms with Gasteiger partial charge in [0.2, 0.25) is 0 Å². The maximum absolute atomic E-state index is 10.6. The number of carbonyl (C=O) groups is 1. The molecule has 0 radical (unpaired) electrons. The minimum Gasteiger partial charge on any atom is -0.336 e. The molecule has 0 spiro atoms. The highest BCUT2D eigenvalue weighted by Gasteiger charge is 1.95. The Balaban J connectivity index is 2.96. The van der Waals surface area contributed by atoms with E-state index in [1.54, 1.807) is 5.48 Å². The smallest absolute Gasteiger partial charge is 0.336 e. The minimum absolute atomic E-state index is 0.513. The zero-order valence-electron chi connectivity index (χ0n) is 11.1. The summed E-state index contributed by atoms with van der Waals surface area (Å²) < 4.78 is 0. The third-order valence-corrected chi connectivity index (χ3v) is 2.92. The van der Waals surface area contributed by atoms with E-state index in [1.807, 2.05) is 0 Å². The normalized spacial score (nSPS) is 10.2. The lowest BCUT2D eigenvalue weighted by Gasteiger charge is -2.03. The van der Waals surface area contributed by atoms with Crippen LogP contribution in [-0.4, -0.2) is 17.8 Å². The summed E-state index contributed by atoms with van der Waals surface area (Å²) in [6, 6.07) is -0.513. The molecule has 0 heterocycles. The molecular weight excluding hydrogens is 216 g/mol. The van der Waals surface area contributed by atoms with Crippen molar-refractivity contribution >= 4 is 6.03 Å². The van der Waals surface area contributed by atoms with Gasteiger partial charge in [-0.15, -0.1) is 0 Å². The summed E-state index contributed by atoms with van der Waals surface area (Å²) in [5.41, 5.74) is 1.55. The van der Waals surface area contributed by atoms with Crippen LogP contribution in [0.2, 0.25) is 0 Å². The van der Waals surface area contributed by atoms with Crippen LogP contribution in [0.3, 0.4) is 0 Å². The second-order valence-electron chi connectivity index (χ2n) is 4.55. The van der Waals surface area contributed by atoms with Crippen LogP contribution in [0, 0.1) is 0 Å². The van der Waals surface area contributed by atoms with Gasteiger partial charge in [0.1, 0.15) is 0 Å². The molecule has 0 saturated carbocycles. The van der Waals surface area contributed by atoms with E-state index in [9.17, 15) is 4.79 Å². The SMILES string of the molecule is CCCCCCCCCCCCNC(=O)NO. The molecule has 0 bridgehead atoms. The van der Waals surface area contributed by atoms with Crippen LogP contribution in [0.25, 0.3) is 0 Å². The summed E-state index contributed by atoms with van der Waals surface area (Å²) in [6.07, 6.45) is 12.9. The molecule has 0 saturated heterocycles. The van der Waals surface area contributed by atoms with Crippen molar-refractivity contribution in [3.8, 4) is 0 Å². The fourth-order valence-corrected chi connectivity index (χ4v) is 1.85. The first-order chi connectivity index (χ1) is 8.31. The van der Waals surface area contributed by atoms with Gasteiger partial charge in [-0.25, -0.2) is 10.3 Å². The first-order valence-corrected chi connectivity index (χ1v) is 6.99. The fourth-order valence-electron chi connectivity index (χ4n) is 1.85. The lowest BCUT2D eigenvalue weighted by Crippen LogP contribution is -2.33.